The van der Waals surface area contributed by atoms with Gasteiger partial charge in [-0.3, -0.25) is 14.4 Å². The molecular weight excluding hydrogens is 208 g/mol. The number of nitrogens with zero attached hydrogens (tertiary/aromatic N) is 4. The Morgan fingerprint density at radius 3 is 2.88 bits per heavy atom. The lowest BCUT2D eigenvalue weighted by molar-refractivity contribution is -0.142. The van der Waals surface area contributed by atoms with Gasteiger partial charge in [0.05, 0.1) is 19.3 Å². The van der Waals surface area contributed by atoms with Crippen LogP contribution in [0.4, 0.5) is 0 Å². The number of hydrogen-bond donors (Lipinski definition) is 0. The quantitative estimate of drug-likeness (QED) is 0.648. The summed E-state index contributed by atoms with van der Waals surface area (Å²) in [4.78, 5) is 13.2. The third kappa shape index (κ3) is 3.98. The van der Waals surface area contributed by atoms with Crippen molar-refractivity contribution in [3.63, 3.8) is 0 Å². The van der Waals surface area contributed by atoms with Crippen LogP contribution in [0.1, 0.15) is 19.0 Å². The van der Waals surface area contributed by atoms with Gasteiger partial charge in [-0.2, -0.15) is 0 Å². The molecule has 0 aliphatic heterocycles. The molecule has 16 heavy (non-hydrogen) atoms. The number of hydrogen-bond acceptors (Lipinski definition) is 5. The van der Waals surface area contributed by atoms with E-state index in [0.717, 1.165) is 18.7 Å². The fourth-order valence-corrected chi connectivity index (χ4v) is 1.47. The van der Waals surface area contributed by atoms with E-state index in [9.17, 15) is 4.79 Å². The largest absolute Gasteiger partial charge is 0.468 e. The lowest BCUT2D eigenvalue weighted by Gasteiger charge is -2.18. The van der Waals surface area contributed by atoms with Gasteiger partial charge in [-0.05, 0) is 13.0 Å². The first-order valence-corrected chi connectivity index (χ1v) is 5.30. The summed E-state index contributed by atoms with van der Waals surface area (Å²) in [5.41, 5.74) is 0.861. The average molecular weight is 226 g/mol. The molecule has 0 fully saturated rings. The SMILES string of the molecule is CCCN(CC(=O)OC)Cc1cn(C)nn1. The van der Waals surface area contributed by atoms with E-state index in [1.807, 2.05) is 18.1 Å². The molecule has 1 aromatic rings. The number of carbonyl (C=O) groups excluding carboxylic acids is 1. The number of carbonyl (C=O) groups is 1. The van der Waals surface area contributed by atoms with Crippen LogP contribution in [-0.2, 0) is 23.1 Å². The normalized spacial score (nSPS) is 10.8. The zero-order chi connectivity index (χ0) is 12.0. The van der Waals surface area contributed by atoms with E-state index in [-0.39, 0.29) is 5.97 Å². The fraction of sp³-hybridized carbons (Fsp3) is 0.700. The molecule has 1 rings (SSSR count). The van der Waals surface area contributed by atoms with Gasteiger partial charge in [-0.1, -0.05) is 12.1 Å². The van der Waals surface area contributed by atoms with Crippen molar-refractivity contribution in [1.29, 1.82) is 0 Å². The molecule has 90 valence electrons. The molecular formula is C10H18N4O2. The first-order valence-electron chi connectivity index (χ1n) is 5.30. The fourth-order valence-electron chi connectivity index (χ4n) is 1.47. The molecule has 0 spiro atoms. The molecule has 0 amide bonds. The Morgan fingerprint density at radius 1 is 1.62 bits per heavy atom. The molecule has 0 N–H and O–H groups in total. The molecule has 0 aromatic carbocycles. The highest BCUT2D eigenvalue weighted by molar-refractivity contribution is 5.71. The minimum absolute atomic E-state index is 0.225. The third-order valence-electron chi connectivity index (χ3n) is 2.16. The van der Waals surface area contributed by atoms with E-state index in [2.05, 4.69) is 22.0 Å². The molecule has 0 bridgehead atoms. The molecule has 0 saturated carbocycles. The van der Waals surface area contributed by atoms with Crippen molar-refractivity contribution in [2.24, 2.45) is 7.05 Å². The number of esters is 1. The van der Waals surface area contributed by atoms with Crippen LogP contribution in [-0.4, -0.2) is 46.1 Å². The summed E-state index contributed by atoms with van der Waals surface area (Å²) in [5, 5.41) is 7.84. The molecule has 0 radical (unpaired) electrons. The Morgan fingerprint density at radius 2 is 2.38 bits per heavy atom. The summed E-state index contributed by atoms with van der Waals surface area (Å²) in [6.07, 6.45) is 2.83. The van der Waals surface area contributed by atoms with Crippen molar-refractivity contribution in [2.45, 2.75) is 19.9 Å². The lowest BCUT2D eigenvalue weighted by atomic mass is 10.3. The lowest BCUT2D eigenvalue weighted by Crippen LogP contribution is -2.31. The van der Waals surface area contributed by atoms with Crippen LogP contribution in [0.2, 0.25) is 0 Å². The van der Waals surface area contributed by atoms with Gasteiger partial charge in [-0.15, -0.1) is 5.10 Å². The van der Waals surface area contributed by atoms with Crippen LogP contribution < -0.4 is 0 Å². The van der Waals surface area contributed by atoms with Crippen molar-refractivity contribution < 1.29 is 9.53 Å². The number of rotatable bonds is 6. The molecule has 1 aromatic heterocycles. The molecule has 0 atom stereocenters. The zero-order valence-corrected chi connectivity index (χ0v) is 10.0. The maximum absolute atomic E-state index is 11.2. The number of aryl methyl sites for hydroxylation is 1. The standard InChI is InChI=1S/C10H18N4O2/c1-4-5-14(8-10(15)16-3)7-9-6-13(2)12-11-9/h6H,4-5,7-8H2,1-3H3. The first kappa shape index (κ1) is 12.6. The molecule has 0 aliphatic carbocycles. The minimum Gasteiger partial charge on any atom is -0.468 e. The van der Waals surface area contributed by atoms with Gasteiger partial charge in [0.2, 0.25) is 0 Å². The Kier molecular flexibility index (Phi) is 4.91. The molecule has 1 heterocycles. The number of methoxy groups -OCH3 is 1. The van der Waals surface area contributed by atoms with E-state index >= 15 is 0 Å². The summed E-state index contributed by atoms with van der Waals surface area (Å²) >= 11 is 0. The second kappa shape index (κ2) is 6.22. The van der Waals surface area contributed by atoms with E-state index in [4.69, 9.17) is 0 Å². The minimum atomic E-state index is -0.225. The Hall–Kier alpha value is -1.43. The zero-order valence-electron chi connectivity index (χ0n) is 10.0. The van der Waals surface area contributed by atoms with Crippen LogP contribution in [0.25, 0.3) is 0 Å². The van der Waals surface area contributed by atoms with Gasteiger partial charge in [0.15, 0.2) is 0 Å². The van der Waals surface area contributed by atoms with Crippen LogP contribution in [0.3, 0.4) is 0 Å². The third-order valence-corrected chi connectivity index (χ3v) is 2.16. The summed E-state index contributed by atoms with van der Waals surface area (Å²) < 4.78 is 6.30. The smallest absolute Gasteiger partial charge is 0.319 e. The van der Waals surface area contributed by atoms with Crippen molar-refractivity contribution in [1.82, 2.24) is 19.9 Å². The summed E-state index contributed by atoms with van der Waals surface area (Å²) in [7, 11) is 3.22. The molecule has 0 unspecified atom stereocenters. The predicted molar refractivity (Wildman–Crippen MR) is 58.6 cm³/mol. The highest BCUT2D eigenvalue weighted by Gasteiger charge is 2.12. The highest BCUT2D eigenvalue weighted by atomic mass is 16.5. The second-order valence-electron chi connectivity index (χ2n) is 3.67. The Labute approximate surface area is 95.2 Å². The first-order chi connectivity index (χ1) is 7.65. The summed E-state index contributed by atoms with van der Waals surface area (Å²) in [6.45, 7) is 3.82. The van der Waals surface area contributed by atoms with Gasteiger partial charge in [0, 0.05) is 19.8 Å². The van der Waals surface area contributed by atoms with Gasteiger partial charge in [0.25, 0.3) is 0 Å². The van der Waals surface area contributed by atoms with E-state index < -0.39 is 0 Å². The maximum atomic E-state index is 11.2. The van der Waals surface area contributed by atoms with Crippen LogP contribution in [0, 0.1) is 0 Å². The molecule has 6 nitrogen and oxygen atoms in total. The second-order valence-corrected chi connectivity index (χ2v) is 3.67. The monoisotopic (exact) mass is 226 g/mol. The van der Waals surface area contributed by atoms with Gasteiger partial charge in [-0.25, -0.2) is 0 Å². The Balaban J connectivity index is 2.53. The maximum Gasteiger partial charge on any atom is 0.319 e. The predicted octanol–water partition coefficient (Wildman–Crippen LogP) is 0.200. The van der Waals surface area contributed by atoms with Crippen molar-refractivity contribution in [3.05, 3.63) is 11.9 Å². The molecule has 6 heteroatoms. The van der Waals surface area contributed by atoms with Crippen LogP contribution >= 0.6 is 0 Å². The molecule has 0 saturated heterocycles. The highest BCUT2D eigenvalue weighted by Crippen LogP contribution is 2.01. The van der Waals surface area contributed by atoms with Gasteiger partial charge >= 0.3 is 5.97 Å². The summed E-state index contributed by atoms with van der Waals surface area (Å²) in [6, 6.07) is 0. The van der Waals surface area contributed by atoms with Crippen LogP contribution in [0.5, 0.6) is 0 Å². The van der Waals surface area contributed by atoms with E-state index in [1.165, 1.54) is 7.11 Å². The van der Waals surface area contributed by atoms with Crippen molar-refractivity contribution in [2.75, 3.05) is 20.2 Å². The summed E-state index contributed by atoms with van der Waals surface area (Å²) in [5.74, 6) is -0.225. The Bertz CT molecular complexity index is 337. The number of aromatic nitrogens is 3. The van der Waals surface area contributed by atoms with Gasteiger partial charge < -0.3 is 4.74 Å². The molecule has 0 aliphatic rings. The van der Waals surface area contributed by atoms with Gasteiger partial charge in [0.1, 0.15) is 0 Å². The van der Waals surface area contributed by atoms with E-state index in [1.54, 1.807) is 4.68 Å². The van der Waals surface area contributed by atoms with Crippen molar-refractivity contribution in [3.8, 4) is 0 Å². The van der Waals surface area contributed by atoms with E-state index in [0.29, 0.717) is 13.1 Å². The topological polar surface area (TPSA) is 60.2 Å². The van der Waals surface area contributed by atoms with Crippen LogP contribution in [0.15, 0.2) is 6.20 Å². The van der Waals surface area contributed by atoms with Crippen molar-refractivity contribution >= 4 is 5.97 Å². The number of ether oxygens (including phenoxy) is 1. The average Bonchev–Trinajstić information content (AvgIpc) is 2.64.